The zero-order valence-corrected chi connectivity index (χ0v) is 16.5. The summed E-state index contributed by atoms with van der Waals surface area (Å²) in [6.45, 7) is 0.744. The number of ether oxygens (including phenoxy) is 2. The standard InChI is InChI=1S/C20H19F2N3O3.ClH/c1-25-10-8-19(18(25)26)7-5-14(24-19)15-11-12(6-9-23-15)13-3-2-4-16-17(13)28-20(21,22)27-16;/h2-4,6,9,11,14,24H,5,7-8,10H2,1H3;1H/t14-,19-;/m1./s1. The van der Waals surface area contributed by atoms with Gasteiger partial charge in [-0.1, -0.05) is 12.1 Å². The van der Waals surface area contributed by atoms with Crippen molar-refractivity contribution >= 4 is 18.3 Å². The second-order valence-corrected chi connectivity index (χ2v) is 7.56. The Morgan fingerprint density at radius 2 is 2.07 bits per heavy atom. The highest BCUT2D eigenvalue weighted by molar-refractivity contribution is 5.88. The minimum atomic E-state index is -3.66. The molecule has 1 spiro atoms. The molecule has 4 heterocycles. The van der Waals surface area contributed by atoms with Crippen molar-refractivity contribution in [2.75, 3.05) is 13.6 Å². The molecule has 0 saturated carbocycles. The number of aromatic nitrogens is 1. The predicted octanol–water partition coefficient (Wildman–Crippen LogP) is 3.52. The zero-order chi connectivity index (χ0) is 19.5. The van der Waals surface area contributed by atoms with E-state index in [0.29, 0.717) is 11.1 Å². The molecule has 0 aliphatic carbocycles. The molecular formula is C20H20ClF2N3O3. The molecule has 3 aliphatic rings. The Morgan fingerprint density at radius 3 is 2.83 bits per heavy atom. The van der Waals surface area contributed by atoms with E-state index in [4.69, 9.17) is 4.74 Å². The number of hydrogen-bond acceptors (Lipinski definition) is 5. The Hall–Kier alpha value is -2.45. The molecule has 9 heteroatoms. The molecule has 1 amide bonds. The monoisotopic (exact) mass is 423 g/mol. The minimum absolute atomic E-state index is 0. The fraction of sp³-hybridized carbons (Fsp3) is 0.400. The second-order valence-electron chi connectivity index (χ2n) is 7.56. The number of hydrogen-bond donors (Lipinski definition) is 1. The van der Waals surface area contributed by atoms with Gasteiger partial charge in [0.2, 0.25) is 5.91 Å². The topological polar surface area (TPSA) is 63.7 Å². The molecule has 0 bridgehead atoms. The summed E-state index contributed by atoms with van der Waals surface area (Å²) in [5.41, 5.74) is 1.49. The summed E-state index contributed by atoms with van der Waals surface area (Å²) in [5.74, 6) is 0.159. The van der Waals surface area contributed by atoms with Crippen LogP contribution in [0.15, 0.2) is 36.5 Å². The number of fused-ring (bicyclic) bond motifs is 1. The highest BCUT2D eigenvalue weighted by atomic mass is 35.5. The third-order valence-electron chi connectivity index (χ3n) is 5.82. The minimum Gasteiger partial charge on any atom is -0.395 e. The number of amides is 1. The highest BCUT2D eigenvalue weighted by Crippen LogP contribution is 2.47. The van der Waals surface area contributed by atoms with Crippen molar-refractivity contribution in [1.29, 1.82) is 0 Å². The molecule has 1 aromatic carbocycles. The van der Waals surface area contributed by atoms with Gasteiger partial charge >= 0.3 is 6.29 Å². The maximum atomic E-state index is 13.5. The van der Waals surface area contributed by atoms with Crippen molar-refractivity contribution in [1.82, 2.24) is 15.2 Å². The van der Waals surface area contributed by atoms with Crippen molar-refractivity contribution < 1.29 is 23.0 Å². The Kier molecular flexibility index (Phi) is 4.66. The first-order chi connectivity index (χ1) is 13.4. The third kappa shape index (κ3) is 3.20. The lowest BCUT2D eigenvalue weighted by atomic mass is 9.96. The fourth-order valence-electron chi connectivity index (χ4n) is 4.39. The average molecular weight is 424 g/mol. The molecule has 2 atom stereocenters. The van der Waals surface area contributed by atoms with E-state index in [2.05, 4.69) is 15.0 Å². The molecule has 3 aliphatic heterocycles. The number of nitrogens with one attached hydrogen (secondary N) is 1. The Bertz CT molecular complexity index is 974. The van der Waals surface area contributed by atoms with Gasteiger partial charge in [-0.15, -0.1) is 21.2 Å². The first kappa shape index (κ1) is 19.8. The highest BCUT2D eigenvalue weighted by Gasteiger charge is 2.50. The molecule has 0 radical (unpaired) electrons. The quantitative estimate of drug-likeness (QED) is 0.800. The van der Waals surface area contributed by atoms with Crippen molar-refractivity contribution in [3.63, 3.8) is 0 Å². The summed E-state index contributed by atoms with van der Waals surface area (Å²) in [5, 5.41) is 3.48. The number of nitrogens with zero attached hydrogens (tertiary/aromatic N) is 2. The fourth-order valence-corrected chi connectivity index (χ4v) is 4.39. The first-order valence-corrected chi connectivity index (χ1v) is 9.25. The van der Waals surface area contributed by atoms with Gasteiger partial charge in [-0.2, -0.15) is 0 Å². The lowest BCUT2D eigenvalue weighted by molar-refractivity contribution is -0.286. The third-order valence-corrected chi connectivity index (χ3v) is 5.82. The molecular weight excluding hydrogens is 404 g/mol. The van der Waals surface area contributed by atoms with E-state index in [0.717, 1.165) is 31.5 Å². The number of carbonyl (C=O) groups excluding carboxylic acids is 1. The summed E-state index contributed by atoms with van der Waals surface area (Å²) >= 11 is 0. The number of likely N-dealkylation sites (tertiary alicyclic amines) is 1. The van der Waals surface area contributed by atoms with Crippen LogP contribution in [0.25, 0.3) is 11.1 Å². The molecule has 6 nitrogen and oxygen atoms in total. The molecule has 2 fully saturated rings. The second kappa shape index (κ2) is 6.81. The Labute approximate surface area is 172 Å². The maximum Gasteiger partial charge on any atom is 0.586 e. The van der Waals surface area contributed by atoms with Crippen LogP contribution in [0.3, 0.4) is 0 Å². The van der Waals surface area contributed by atoms with Gasteiger partial charge in [0.25, 0.3) is 0 Å². The molecule has 1 aromatic heterocycles. The number of alkyl halides is 2. The molecule has 0 unspecified atom stereocenters. The van der Waals surface area contributed by atoms with Crippen LogP contribution in [0.1, 0.15) is 31.0 Å². The normalized spacial score (nSPS) is 26.8. The van der Waals surface area contributed by atoms with Gasteiger partial charge in [-0.25, -0.2) is 0 Å². The van der Waals surface area contributed by atoms with E-state index < -0.39 is 11.8 Å². The van der Waals surface area contributed by atoms with E-state index in [1.807, 2.05) is 13.1 Å². The van der Waals surface area contributed by atoms with Crippen molar-refractivity contribution in [2.45, 2.75) is 37.1 Å². The van der Waals surface area contributed by atoms with E-state index in [-0.39, 0.29) is 35.9 Å². The van der Waals surface area contributed by atoms with E-state index >= 15 is 0 Å². The lowest BCUT2D eigenvalue weighted by Crippen LogP contribution is -2.47. The number of benzene rings is 1. The van der Waals surface area contributed by atoms with Gasteiger partial charge in [-0.05, 0) is 43.0 Å². The smallest absolute Gasteiger partial charge is 0.395 e. The summed E-state index contributed by atoms with van der Waals surface area (Å²) in [4.78, 5) is 18.7. The van der Waals surface area contributed by atoms with E-state index in [9.17, 15) is 13.6 Å². The Balaban J connectivity index is 0.00000205. The van der Waals surface area contributed by atoms with Gasteiger partial charge < -0.3 is 14.4 Å². The van der Waals surface area contributed by atoms with Crippen LogP contribution in [-0.4, -0.2) is 41.2 Å². The number of para-hydroxylation sites is 1. The van der Waals surface area contributed by atoms with Gasteiger partial charge in [-0.3, -0.25) is 15.1 Å². The number of halogens is 3. The zero-order valence-electron chi connectivity index (χ0n) is 15.7. The SMILES string of the molecule is CN1CC[C@]2(CC[C@H](c3cc(-c4cccc5c4OC(F)(F)O5)ccn3)N2)C1=O.Cl. The van der Waals surface area contributed by atoms with Crippen molar-refractivity contribution in [3.05, 3.63) is 42.2 Å². The largest absolute Gasteiger partial charge is 0.586 e. The van der Waals surface area contributed by atoms with Gasteiger partial charge in [0.15, 0.2) is 11.5 Å². The number of carbonyl (C=O) groups is 1. The molecule has 1 N–H and O–H groups in total. The summed E-state index contributed by atoms with van der Waals surface area (Å²) < 4.78 is 36.2. The van der Waals surface area contributed by atoms with Crippen LogP contribution >= 0.6 is 12.4 Å². The predicted molar refractivity (Wildman–Crippen MR) is 103 cm³/mol. The lowest BCUT2D eigenvalue weighted by Gasteiger charge is -2.23. The number of pyridine rings is 1. The summed E-state index contributed by atoms with van der Waals surface area (Å²) in [7, 11) is 1.82. The van der Waals surface area contributed by atoms with Crippen LogP contribution in [0, 0.1) is 0 Å². The van der Waals surface area contributed by atoms with Crippen LogP contribution in [-0.2, 0) is 4.79 Å². The first-order valence-electron chi connectivity index (χ1n) is 9.25. The van der Waals surface area contributed by atoms with Crippen molar-refractivity contribution in [3.8, 4) is 22.6 Å². The molecule has 2 saturated heterocycles. The van der Waals surface area contributed by atoms with Gasteiger partial charge in [0.1, 0.15) is 5.54 Å². The maximum absolute atomic E-state index is 13.5. The van der Waals surface area contributed by atoms with Gasteiger partial charge in [0, 0.05) is 25.4 Å². The number of likely N-dealkylation sites (N-methyl/N-ethyl adjacent to an activating group) is 1. The van der Waals surface area contributed by atoms with E-state index in [1.54, 1.807) is 29.3 Å². The molecule has 5 rings (SSSR count). The molecule has 2 aromatic rings. The van der Waals surface area contributed by atoms with Crippen LogP contribution in [0.5, 0.6) is 11.5 Å². The van der Waals surface area contributed by atoms with Crippen molar-refractivity contribution in [2.24, 2.45) is 0 Å². The average Bonchev–Trinajstić information content (AvgIpc) is 3.33. The van der Waals surface area contributed by atoms with Crippen LogP contribution < -0.4 is 14.8 Å². The molecule has 154 valence electrons. The van der Waals surface area contributed by atoms with Gasteiger partial charge in [0.05, 0.1) is 11.7 Å². The molecule has 29 heavy (non-hydrogen) atoms. The Morgan fingerprint density at radius 1 is 1.24 bits per heavy atom. The summed E-state index contributed by atoms with van der Waals surface area (Å²) in [6, 6.07) is 8.35. The number of rotatable bonds is 2. The summed E-state index contributed by atoms with van der Waals surface area (Å²) in [6.07, 6.45) is 0.318. The van der Waals surface area contributed by atoms with E-state index in [1.165, 1.54) is 6.07 Å². The van der Waals surface area contributed by atoms with Crippen LogP contribution in [0.4, 0.5) is 8.78 Å². The van der Waals surface area contributed by atoms with Crippen LogP contribution in [0.2, 0.25) is 0 Å².